The number of hydrogen-bond acceptors (Lipinski definition) is 4. The second-order valence-electron chi connectivity index (χ2n) is 6.14. The molecule has 2 aliphatic carbocycles. The first-order chi connectivity index (χ1) is 10.3. The van der Waals surface area contributed by atoms with Crippen molar-refractivity contribution in [1.82, 2.24) is 30.8 Å². The number of rotatable bonds is 4. The minimum atomic E-state index is -0.108. The van der Waals surface area contributed by atoms with E-state index in [0.717, 1.165) is 31.5 Å². The fourth-order valence-electron chi connectivity index (χ4n) is 3.40. The molecule has 1 heterocycles. The summed E-state index contributed by atoms with van der Waals surface area (Å²) in [5, 5.41) is 17.8. The molecule has 0 spiro atoms. The lowest BCUT2D eigenvalue weighted by molar-refractivity contribution is 0.231. The Morgan fingerprint density at radius 1 is 1.10 bits per heavy atom. The molecular formula is C14H24N6O. The van der Waals surface area contributed by atoms with Crippen molar-refractivity contribution in [2.24, 2.45) is 0 Å². The molecule has 2 saturated carbocycles. The predicted octanol–water partition coefficient (Wildman–Crippen LogP) is 1.92. The molecule has 0 aliphatic heterocycles. The van der Waals surface area contributed by atoms with Crippen molar-refractivity contribution in [2.75, 3.05) is 0 Å². The first-order valence-electron chi connectivity index (χ1n) is 8.14. The molecule has 2 aliphatic rings. The van der Waals surface area contributed by atoms with E-state index >= 15 is 0 Å². The Morgan fingerprint density at radius 3 is 2.57 bits per heavy atom. The Bertz CT molecular complexity index is 462. The van der Waals surface area contributed by atoms with Crippen LogP contribution in [0.3, 0.4) is 0 Å². The third-order valence-electron chi connectivity index (χ3n) is 4.58. The van der Waals surface area contributed by atoms with E-state index in [1.165, 1.54) is 32.1 Å². The van der Waals surface area contributed by atoms with E-state index in [1.807, 2.05) is 4.68 Å². The number of carbonyl (C=O) groups is 1. The first kappa shape index (κ1) is 14.3. The summed E-state index contributed by atoms with van der Waals surface area (Å²) in [6.07, 6.45) is 10.6. The van der Waals surface area contributed by atoms with Gasteiger partial charge in [0.15, 0.2) is 5.82 Å². The van der Waals surface area contributed by atoms with E-state index in [1.54, 1.807) is 0 Å². The van der Waals surface area contributed by atoms with Crippen molar-refractivity contribution in [2.45, 2.75) is 76.4 Å². The molecule has 3 rings (SSSR count). The highest BCUT2D eigenvalue weighted by Gasteiger charge is 2.22. The SMILES string of the molecule is O=C(NCc1nnnn1C1CCCC1)NC1CCCCC1. The minimum absolute atomic E-state index is 0.108. The lowest BCUT2D eigenvalue weighted by atomic mass is 9.96. The molecule has 0 bridgehead atoms. The molecule has 2 amide bonds. The third-order valence-corrected chi connectivity index (χ3v) is 4.58. The summed E-state index contributed by atoms with van der Waals surface area (Å²) in [5.74, 6) is 0.751. The third kappa shape index (κ3) is 3.71. The number of urea groups is 1. The standard InChI is InChI=1S/C14H24N6O/c21-14(16-11-6-2-1-3-7-11)15-10-13-17-18-19-20(13)12-8-4-5-9-12/h11-12H,1-10H2,(H2,15,16,21). The van der Waals surface area contributed by atoms with Gasteiger partial charge in [0.05, 0.1) is 12.6 Å². The monoisotopic (exact) mass is 292 g/mol. The van der Waals surface area contributed by atoms with Crippen LogP contribution in [-0.2, 0) is 6.54 Å². The highest BCUT2D eigenvalue weighted by molar-refractivity contribution is 5.74. The summed E-state index contributed by atoms with van der Waals surface area (Å²) in [7, 11) is 0. The number of amides is 2. The summed E-state index contributed by atoms with van der Waals surface area (Å²) in [6, 6.07) is 0.616. The number of aromatic nitrogens is 4. The van der Waals surface area contributed by atoms with Gasteiger partial charge in [0.1, 0.15) is 0 Å². The lowest BCUT2D eigenvalue weighted by Crippen LogP contribution is -2.42. The molecule has 0 unspecified atom stereocenters. The van der Waals surface area contributed by atoms with Crippen LogP contribution in [0.5, 0.6) is 0 Å². The van der Waals surface area contributed by atoms with Crippen molar-refractivity contribution >= 4 is 6.03 Å². The Morgan fingerprint density at radius 2 is 1.81 bits per heavy atom. The van der Waals surface area contributed by atoms with Gasteiger partial charge in [-0.3, -0.25) is 0 Å². The zero-order chi connectivity index (χ0) is 14.5. The number of nitrogens with one attached hydrogen (secondary N) is 2. The van der Waals surface area contributed by atoms with E-state index in [2.05, 4.69) is 26.2 Å². The molecule has 0 aromatic carbocycles. The molecule has 0 radical (unpaired) electrons. The molecule has 116 valence electrons. The quantitative estimate of drug-likeness (QED) is 0.888. The summed E-state index contributed by atoms with van der Waals surface area (Å²) in [6.45, 7) is 0.391. The van der Waals surface area contributed by atoms with Crippen LogP contribution in [0.25, 0.3) is 0 Å². The first-order valence-corrected chi connectivity index (χ1v) is 8.14. The van der Waals surface area contributed by atoms with E-state index < -0.39 is 0 Å². The van der Waals surface area contributed by atoms with Gasteiger partial charge in [0, 0.05) is 6.04 Å². The van der Waals surface area contributed by atoms with Crippen molar-refractivity contribution in [3.63, 3.8) is 0 Å². The van der Waals surface area contributed by atoms with Crippen molar-refractivity contribution in [1.29, 1.82) is 0 Å². The Kier molecular flexibility index (Phi) is 4.67. The molecule has 2 fully saturated rings. The van der Waals surface area contributed by atoms with E-state index in [4.69, 9.17) is 0 Å². The maximum atomic E-state index is 11.9. The maximum absolute atomic E-state index is 11.9. The van der Waals surface area contributed by atoms with Crippen molar-refractivity contribution < 1.29 is 4.79 Å². The molecule has 7 heteroatoms. The van der Waals surface area contributed by atoms with Crippen LogP contribution in [0.4, 0.5) is 4.79 Å². The highest BCUT2D eigenvalue weighted by atomic mass is 16.2. The maximum Gasteiger partial charge on any atom is 0.315 e. The van der Waals surface area contributed by atoms with Crippen LogP contribution >= 0.6 is 0 Å². The fourth-order valence-corrected chi connectivity index (χ4v) is 3.40. The van der Waals surface area contributed by atoms with Gasteiger partial charge in [-0.25, -0.2) is 9.48 Å². The van der Waals surface area contributed by atoms with Gasteiger partial charge >= 0.3 is 6.03 Å². The summed E-state index contributed by atoms with van der Waals surface area (Å²) in [4.78, 5) is 11.9. The molecule has 0 saturated heterocycles. The second-order valence-corrected chi connectivity index (χ2v) is 6.14. The summed E-state index contributed by atoms with van der Waals surface area (Å²) >= 11 is 0. The minimum Gasteiger partial charge on any atom is -0.335 e. The van der Waals surface area contributed by atoms with Gasteiger partial charge in [-0.1, -0.05) is 32.1 Å². The normalized spacial score (nSPS) is 20.6. The molecule has 21 heavy (non-hydrogen) atoms. The van der Waals surface area contributed by atoms with Gasteiger partial charge in [-0.2, -0.15) is 0 Å². The van der Waals surface area contributed by atoms with Gasteiger partial charge in [-0.15, -0.1) is 5.10 Å². The van der Waals surface area contributed by atoms with Gasteiger partial charge in [0.25, 0.3) is 0 Å². The van der Waals surface area contributed by atoms with Crippen LogP contribution in [0.2, 0.25) is 0 Å². The second kappa shape index (κ2) is 6.87. The molecule has 1 aromatic rings. The van der Waals surface area contributed by atoms with Crippen LogP contribution < -0.4 is 10.6 Å². The fraction of sp³-hybridized carbons (Fsp3) is 0.857. The topological polar surface area (TPSA) is 84.7 Å². The molecule has 0 atom stereocenters. The van der Waals surface area contributed by atoms with E-state index in [0.29, 0.717) is 18.6 Å². The lowest BCUT2D eigenvalue weighted by Gasteiger charge is -2.22. The zero-order valence-electron chi connectivity index (χ0n) is 12.4. The molecule has 7 nitrogen and oxygen atoms in total. The average Bonchev–Trinajstić information content (AvgIpc) is 3.17. The molecular weight excluding hydrogens is 268 g/mol. The Hall–Kier alpha value is -1.66. The zero-order valence-corrected chi connectivity index (χ0v) is 12.4. The molecule has 2 N–H and O–H groups in total. The van der Waals surface area contributed by atoms with Crippen LogP contribution in [0.1, 0.15) is 69.7 Å². The Balaban J connectivity index is 1.48. The van der Waals surface area contributed by atoms with Gasteiger partial charge in [0.2, 0.25) is 0 Å². The highest BCUT2D eigenvalue weighted by Crippen LogP contribution is 2.28. The summed E-state index contributed by atoms with van der Waals surface area (Å²) < 4.78 is 1.88. The van der Waals surface area contributed by atoms with E-state index in [9.17, 15) is 4.79 Å². The number of tetrazole rings is 1. The van der Waals surface area contributed by atoms with Crippen LogP contribution in [0, 0.1) is 0 Å². The van der Waals surface area contributed by atoms with Crippen molar-refractivity contribution in [3.8, 4) is 0 Å². The predicted molar refractivity (Wildman–Crippen MR) is 77.6 cm³/mol. The van der Waals surface area contributed by atoms with E-state index in [-0.39, 0.29) is 6.03 Å². The van der Waals surface area contributed by atoms with Gasteiger partial charge < -0.3 is 10.6 Å². The van der Waals surface area contributed by atoms with Crippen molar-refractivity contribution in [3.05, 3.63) is 5.82 Å². The molecule has 1 aromatic heterocycles. The average molecular weight is 292 g/mol. The van der Waals surface area contributed by atoms with Gasteiger partial charge in [-0.05, 0) is 36.1 Å². The number of nitrogens with zero attached hydrogens (tertiary/aromatic N) is 4. The van der Waals surface area contributed by atoms with Crippen LogP contribution in [0.15, 0.2) is 0 Å². The smallest absolute Gasteiger partial charge is 0.315 e. The van der Waals surface area contributed by atoms with Crippen LogP contribution in [-0.4, -0.2) is 32.3 Å². The summed E-state index contributed by atoms with van der Waals surface area (Å²) in [5.41, 5.74) is 0. The number of carbonyl (C=O) groups excluding carboxylic acids is 1. The Labute approximate surface area is 124 Å². The number of hydrogen-bond donors (Lipinski definition) is 2. The largest absolute Gasteiger partial charge is 0.335 e.